The summed E-state index contributed by atoms with van der Waals surface area (Å²) in [4.78, 5) is 39.5. The maximum atomic E-state index is 12.6. The highest BCUT2D eigenvalue weighted by Crippen LogP contribution is 2.22. The second-order valence-electron chi connectivity index (χ2n) is 7.83. The molecule has 192 valence electrons. The van der Waals surface area contributed by atoms with E-state index in [1.54, 1.807) is 30.3 Å². The van der Waals surface area contributed by atoms with Gasteiger partial charge in [0.2, 0.25) is 5.91 Å². The van der Waals surface area contributed by atoms with Gasteiger partial charge < -0.3 is 22.3 Å². The van der Waals surface area contributed by atoms with Gasteiger partial charge in [-0.25, -0.2) is 4.98 Å². The van der Waals surface area contributed by atoms with Gasteiger partial charge in [0.1, 0.15) is 12.4 Å². The molecule has 0 unspecified atom stereocenters. The van der Waals surface area contributed by atoms with Crippen LogP contribution in [-0.2, 0) is 24.2 Å². The average molecular weight is 534 g/mol. The van der Waals surface area contributed by atoms with E-state index in [0.717, 1.165) is 23.3 Å². The third kappa shape index (κ3) is 7.94. The summed E-state index contributed by atoms with van der Waals surface area (Å²) in [6.07, 6.45) is 4.81. The number of carboxylic acids is 1. The van der Waals surface area contributed by atoms with Crippen LogP contribution in [0.3, 0.4) is 0 Å². The second-order valence-corrected chi connectivity index (χ2v) is 7.83. The number of halogens is 2. The maximum absolute atomic E-state index is 12.6. The summed E-state index contributed by atoms with van der Waals surface area (Å²) in [5.74, 6) is -1.61. The summed E-state index contributed by atoms with van der Waals surface area (Å²) in [6, 6.07) is 15.6. The quantitative estimate of drug-likeness (QED) is 0.377. The van der Waals surface area contributed by atoms with Crippen molar-refractivity contribution >= 4 is 54.1 Å². The first-order chi connectivity index (χ1) is 16.3. The van der Waals surface area contributed by atoms with Gasteiger partial charge in [-0.2, -0.15) is 0 Å². The van der Waals surface area contributed by atoms with E-state index in [-0.39, 0.29) is 36.5 Å². The van der Waals surface area contributed by atoms with Crippen LogP contribution in [0.1, 0.15) is 43.8 Å². The van der Waals surface area contributed by atoms with Gasteiger partial charge in [0.25, 0.3) is 5.91 Å². The normalized spacial score (nSPS) is 11.0. The number of nitrogens with two attached hydrogens (primary N) is 3. The number of rotatable bonds is 6. The summed E-state index contributed by atoms with van der Waals surface area (Å²) in [5.41, 5.74) is 21.1. The molecule has 0 saturated heterocycles. The lowest BCUT2D eigenvalue weighted by atomic mass is 10.1. The predicted molar refractivity (Wildman–Crippen MR) is 144 cm³/mol. The first-order valence-corrected chi connectivity index (χ1v) is 10.7. The van der Waals surface area contributed by atoms with Crippen molar-refractivity contribution in [1.82, 2.24) is 4.98 Å². The topological polar surface area (TPSA) is 166 Å². The van der Waals surface area contributed by atoms with Gasteiger partial charge in [0, 0.05) is 17.7 Å². The summed E-state index contributed by atoms with van der Waals surface area (Å²) in [7, 11) is 0. The standard InChI is InChI=1S/C15H16N4O3.C10H11NO.2ClH/c16-7-10-2-1-3-11(6-10)15(22)19(9-14(20)21)12-4-5-13(17)18-8-12;11-10(12)9-5-4-7-2-1-3-8(7)6-9;;/h1-6,8H,7,9,16H2,(H2,17,18)(H,20,21);4-6H,1-3H2,(H2,11,12);2*1H. The Morgan fingerprint density at radius 3 is 2.28 bits per heavy atom. The number of nitrogen functional groups attached to an aromatic ring is 1. The number of nitrogens with zero attached hydrogens (tertiary/aromatic N) is 2. The molecule has 7 N–H and O–H groups in total. The highest BCUT2D eigenvalue weighted by atomic mass is 35.5. The molecular formula is C25H29Cl2N5O4. The smallest absolute Gasteiger partial charge is 0.323 e. The summed E-state index contributed by atoms with van der Waals surface area (Å²) in [6.45, 7) is -0.180. The van der Waals surface area contributed by atoms with Gasteiger partial charge in [-0.3, -0.25) is 19.3 Å². The zero-order chi connectivity index (χ0) is 24.7. The minimum atomic E-state index is -1.12. The Morgan fingerprint density at radius 1 is 0.944 bits per heavy atom. The number of pyridine rings is 1. The number of hydrogen-bond donors (Lipinski definition) is 4. The minimum absolute atomic E-state index is 0. The molecule has 9 nitrogen and oxygen atoms in total. The SMILES string of the molecule is Cl.Cl.NC(=O)c1ccc2c(c1)CCC2.NCc1cccc(C(=O)N(CC(=O)O)c2ccc(N)nc2)c1. The van der Waals surface area contributed by atoms with E-state index in [4.69, 9.17) is 22.3 Å². The van der Waals surface area contributed by atoms with Crippen molar-refractivity contribution in [2.45, 2.75) is 25.8 Å². The lowest BCUT2D eigenvalue weighted by Gasteiger charge is -2.21. The summed E-state index contributed by atoms with van der Waals surface area (Å²) in [5, 5.41) is 9.04. The Hall–Kier alpha value is -3.66. The number of anilines is 2. The number of aryl methyl sites for hydroxylation is 2. The molecule has 0 spiro atoms. The van der Waals surface area contributed by atoms with E-state index in [1.807, 2.05) is 18.2 Å². The Kier molecular flexibility index (Phi) is 11.8. The van der Waals surface area contributed by atoms with Gasteiger partial charge in [-0.1, -0.05) is 18.2 Å². The monoisotopic (exact) mass is 533 g/mol. The van der Waals surface area contributed by atoms with E-state index in [2.05, 4.69) is 4.98 Å². The minimum Gasteiger partial charge on any atom is -0.480 e. The number of carbonyl (C=O) groups is 3. The molecule has 1 aliphatic carbocycles. The van der Waals surface area contributed by atoms with Crippen LogP contribution in [0.25, 0.3) is 0 Å². The van der Waals surface area contributed by atoms with Gasteiger partial charge >= 0.3 is 5.97 Å². The lowest BCUT2D eigenvalue weighted by molar-refractivity contribution is -0.135. The fourth-order valence-corrected chi connectivity index (χ4v) is 3.69. The van der Waals surface area contributed by atoms with Crippen LogP contribution in [0.15, 0.2) is 60.8 Å². The number of aliphatic carboxylic acids is 1. The van der Waals surface area contributed by atoms with Gasteiger partial charge in [0.15, 0.2) is 0 Å². The molecule has 0 fully saturated rings. The van der Waals surface area contributed by atoms with E-state index < -0.39 is 18.4 Å². The van der Waals surface area contributed by atoms with Gasteiger partial charge in [-0.15, -0.1) is 24.8 Å². The Balaban J connectivity index is 0.000000393. The molecule has 2 aromatic carbocycles. The second kappa shape index (κ2) is 14.0. The third-order valence-electron chi connectivity index (χ3n) is 5.41. The van der Waals surface area contributed by atoms with E-state index in [1.165, 1.54) is 29.8 Å². The van der Waals surface area contributed by atoms with Crippen molar-refractivity contribution in [2.24, 2.45) is 11.5 Å². The molecule has 1 aromatic heterocycles. The number of benzene rings is 2. The lowest BCUT2D eigenvalue weighted by Crippen LogP contribution is -2.35. The van der Waals surface area contributed by atoms with Crippen molar-refractivity contribution in [1.29, 1.82) is 0 Å². The largest absolute Gasteiger partial charge is 0.480 e. The van der Waals surface area contributed by atoms with Crippen LogP contribution in [0, 0.1) is 0 Å². The van der Waals surface area contributed by atoms with Crippen molar-refractivity contribution in [3.8, 4) is 0 Å². The number of carbonyl (C=O) groups excluding carboxylic acids is 2. The number of fused-ring (bicyclic) bond motifs is 1. The van der Waals surface area contributed by atoms with E-state index >= 15 is 0 Å². The number of hydrogen-bond acceptors (Lipinski definition) is 6. The van der Waals surface area contributed by atoms with Crippen molar-refractivity contribution in [2.75, 3.05) is 17.2 Å². The van der Waals surface area contributed by atoms with Crippen molar-refractivity contribution in [3.05, 3.63) is 88.6 Å². The van der Waals surface area contributed by atoms with E-state index in [0.29, 0.717) is 23.4 Å². The highest BCUT2D eigenvalue weighted by molar-refractivity contribution is 6.08. The third-order valence-corrected chi connectivity index (χ3v) is 5.41. The molecule has 3 aromatic rings. The molecule has 1 heterocycles. The molecule has 36 heavy (non-hydrogen) atoms. The maximum Gasteiger partial charge on any atom is 0.323 e. The van der Waals surface area contributed by atoms with Crippen LogP contribution in [0.4, 0.5) is 11.5 Å². The van der Waals surface area contributed by atoms with Gasteiger partial charge in [-0.05, 0) is 72.4 Å². The first-order valence-electron chi connectivity index (χ1n) is 10.7. The van der Waals surface area contributed by atoms with Crippen LogP contribution in [0.2, 0.25) is 0 Å². The molecule has 0 saturated carbocycles. The van der Waals surface area contributed by atoms with Crippen LogP contribution >= 0.6 is 24.8 Å². The molecular weight excluding hydrogens is 505 g/mol. The molecule has 4 rings (SSSR count). The van der Waals surface area contributed by atoms with Crippen molar-refractivity contribution < 1.29 is 19.5 Å². The zero-order valence-corrected chi connectivity index (χ0v) is 21.1. The highest BCUT2D eigenvalue weighted by Gasteiger charge is 2.21. The molecule has 2 amide bonds. The molecule has 11 heteroatoms. The molecule has 1 aliphatic rings. The molecule has 0 aliphatic heterocycles. The molecule has 0 radical (unpaired) electrons. The molecule has 0 atom stereocenters. The van der Waals surface area contributed by atoms with Crippen LogP contribution in [-0.4, -0.2) is 34.4 Å². The number of carboxylic acid groups (broad SMARTS) is 1. The van der Waals surface area contributed by atoms with Crippen molar-refractivity contribution in [3.63, 3.8) is 0 Å². The zero-order valence-electron chi connectivity index (χ0n) is 19.4. The van der Waals surface area contributed by atoms with Crippen LogP contribution < -0.4 is 22.1 Å². The Bertz CT molecular complexity index is 1210. The van der Waals surface area contributed by atoms with Gasteiger partial charge in [0.05, 0.1) is 11.9 Å². The number of amides is 2. The Morgan fingerprint density at radius 2 is 1.67 bits per heavy atom. The number of aromatic nitrogens is 1. The van der Waals surface area contributed by atoms with E-state index in [9.17, 15) is 14.4 Å². The molecule has 0 bridgehead atoms. The fraction of sp³-hybridized carbons (Fsp3) is 0.200. The summed E-state index contributed by atoms with van der Waals surface area (Å²) >= 11 is 0. The Labute approximate surface area is 221 Å². The average Bonchev–Trinajstić information content (AvgIpc) is 3.31. The van der Waals surface area contributed by atoms with Crippen LogP contribution in [0.5, 0.6) is 0 Å². The fourth-order valence-electron chi connectivity index (χ4n) is 3.69. The number of primary amides is 1. The predicted octanol–water partition coefficient (Wildman–Crippen LogP) is 2.97. The first kappa shape index (κ1) is 30.4. The summed E-state index contributed by atoms with van der Waals surface area (Å²) < 4.78 is 0.